The van der Waals surface area contributed by atoms with Gasteiger partial charge in [-0.15, -0.1) is 0 Å². The van der Waals surface area contributed by atoms with Crippen LogP contribution in [0.4, 0.5) is 0 Å². The van der Waals surface area contributed by atoms with Crippen LogP contribution in [0.3, 0.4) is 0 Å². The molecule has 3 heteroatoms. The first-order valence-electron chi connectivity index (χ1n) is 6.58. The molecule has 0 spiro atoms. The summed E-state index contributed by atoms with van der Waals surface area (Å²) in [6, 6.07) is 15.8. The third kappa shape index (κ3) is 3.94. The smallest absolute Gasteiger partial charge is 0.307 e. The highest BCUT2D eigenvalue weighted by molar-refractivity contribution is 9.10. The molecule has 0 aliphatic rings. The van der Waals surface area contributed by atoms with Gasteiger partial charge in [0.1, 0.15) is 0 Å². The zero-order valence-electron chi connectivity index (χ0n) is 11.3. The molecule has 0 aliphatic heterocycles. The van der Waals surface area contributed by atoms with Gasteiger partial charge in [0.15, 0.2) is 0 Å². The van der Waals surface area contributed by atoms with Crippen LogP contribution in [0.1, 0.15) is 16.7 Å². The number of carbonyl (C=O) groups is 1. The van der Waals surface area contributed by atoms with Crippen molar-refractivity contribution in [3.05, 3.63) is 69.7 Å². The van der Waals surface area contributed by atoms with Crippen molar-refractivity contribution < 1.29 is 9.90 Å². The number of aliphatic carboxylic acids is 1. The summed E-state index contributed by atoms with van der Waals surface area (Å²) in [6.07, 6.45) is 1.12. The monoisotopic (exact) mass is 332 g/mol. The zero-order chi connectivity index (χ0) is 14.5. The standard InChI is InChI=1S/C17H17BrO2/c1-12-4-2-3-5-14(12)11-15(17(19)20)10-13-6-8-16(18)9-7-13/h2-9,15H,10-11H2,1H3,(H,19,20). The Morgan fingerprint density at radius 3 is 2.35 bits per heavy atom. The molecule has 2 rings (SSSR count). The van der Waals surface area contributed by atoms with E-state index >= 15 is 0 Å². The maximum atomic E-state index is 11.5. The summed E-state index contributed by atoms with van der Waals surface area (Å²) in [7, 11) is 0. The van der Waals surface area contributed by atoms with E-state index < -0.39 is 11.9 Å². The maximum absolute atomic E-state index is 11.5. The molecule has 2 nitrogen and oxygen atoms in total. The fraction of sp³-hybridized carbons (Fsp3) is 0.235. The van der Waals surface area contributed by atoms with Crippen molar-refractivity contribution in [1.29, 1.82) is 0 Å². The number of benzene rings is 2. The second-order valence-electron chi connectivity index (χ2n) is 5.00. The Kier molecular flexibility index (Phi) is 4.96. The summed E-state index contributed by atoms with van der Waals surface area (Å²) < 4.78 is 1.01. The van der Waals surface area contributed by atoms with Crippen LogP contribution in [0.15, 0.2) is 53.0 Å². The van der Waals surface area contributed by atoms with Gasteiger partial charge in [-0.1, -0.05) is 52.3 Å². The number of rotatable bonds is 5. The highest BCUT2D eigenvalue weighted by Crippen LogP contribution is 2.19. The van der Waals surface area contributed by atoms with Gasteiger partial charge in [0, 0.05) is 4.47 Å². The Labute approximate surface area is 127 Å². The molecule has 2 aromatic carbocycles. The molecule has 0 fully saturated rings. The second-order valence-corrected chi connectivity index (χ2v) is 5.91. The molecule has 0 saturated carbocycles. The molecule has 0 heterocycles. The number of aryl methyl sites for hydroxylation is 1. The van der Waals surface area contributed by atoms with Gasteiger partial charge in [-0.05, 0) is 48.6 Å². The molecule has 0 aliphatic carbocycles. The quantitative estimate of drug-likeness (QED) is 0.888. The summed E-state index contributed by atoms with van der Waals surface area (Å²) in [5.41, 5.74) is 3.31. The van der Waals surface area contributed by atoms with E-state index in [2.05, 4.69) is 15.9 Å². The second kappa shape index (κ2) is 6.71. The lowest BCUT2D eigenvalue weighted by Gasteiger charge is -2.14. The van der Waals surface area contributed by atoms with Crippen LogP contribution >= 0.6 is 15.9 Å². The Morgan fingerprint density at radius 1 is 1.10 bits per heavy atom. The van der Waals surface area contributed by atoms with E-state index in [9.17, 15) is 9.90 Å². The predicted molar refractivity (Wildman–Crippen MR) is 83.9 cm³/mol. The Hall–Kier alpha value is -1.61. The Bertz CT molecular complexity index is 590. The highest BCUT2D eigenvalue weighted by atomic mass is 79.9. The van der Waals surface area contributed by atoms with Crippen molar-refractivity contribution >= 4 is 21.9 Å². The largest absolute Gasteiger partial charge is 0.481 e. The van der Waals surface area contributed by atoms with Crippen molar-refractivity contribution in [2.75, 3.05) is 0 Å². The van der Waals surface area contributed by atoms with Gasteiger partial charge in [0.2, 0.25) is 0 Å². The molecule has 20 heavy (non-hydrogen) atoms. The van der Waals surface area contributed by atoms with Crippen molar-refractivity contribution in [3.8, 4) is 0 Å². The van der Waals surface area contributed by atoms with Gasteiger partial charge < -0.3 is 5.11 Å². The average Bonchev–Trinajstić information content (AvgIpc) is 2.42. The topological polar surface area (TPSA) is 37.3 Å². The normalized spacial score (nSPS) is 12.1. The first-order valence-corrected chi connectivity index (χ1v) is 7.37. The van der Waals surface area contributed by atoms with Crippen LogP contribution in [0, 0.1) is 12.8 Å². The van der Waals surface area contributed by atoms with Crippen molar-refractivity contribution in [2.24, 2.45) is 5.92 Å². The number of carboxylic acid groups (broad SMARTS) is 1. The lowest BCUT2D eigenvalue weighted by atomic mass is 9.91. The van der Waals surface area contributed by atoms with Gasteiger partial charge in [-0.25, -0.2) is 0 Å². The molecule has 0 aromatic heterocycles. The summed E-state index contributed by atoms with van der Waals surface area (Å²) in [5.74, 6) is -1.13. The minimum atomic E-state index is -0.740. The van der Waals surface area contributed by atoms with E-state index in [0.717, 1.165) is 21.2 Å². The van der Waals surface area contributed by atoms with Crippen molar-refractivity contribution in [3.63, 3.8) is 0 Å². The van der Waals surface area contributed by atoms with Gasteiger partial charge in [-0.2, -0.15) is 0 Å². The van der Waals surface area contributed by atoms with Crippen molar-refractivity contribution in [1.82, 2.24) is 0 Å². The molecule has 2 aromatic rings. The summed E-state index contributed by atoms with van der Waals surface area (Å²) in [4.78, 5) is 11.5. The van der Waals surface area contributed by atoms with Gasteiger partial charge in [0.25, 0.3) is 0 Å². The molecule has 1 N–H and O–H groups in total. The number of hydrogen-bond acceptors (Lipinski definition) is 1. The molecular formula is C17H17BrO2. The van der Waals surface area contributed by atoms with E-state index in [1.165, 1.54) is 0 Å². The van der Waals surface area contributed by atoms with Crippen LogP contribution in [0.2, 0.25) is 0 Å². The van der Waals surface area contributed by atoms with E-state index in [4.69, 9.17) is 0 Å². The van der Waals surface area contributed by atoms with Crippen molar-refractivity contribution in [2.45, 2.75) is 19.8 Å². The summed E-state index contributed by atoms with van der Waals surface area (Å²) in [6.45, 7) is 2.02. The molecule has 0 amide bonds. The molecule has 0 saturated heterocycles. The lowest BCUT2D eigenvalue weighted by molar-refractivity contribution is -0.141. The molecular weight excluding hydrogens is 316 g/mol. The zero-order valence-corrected chi connectivity index (χ0v) is 12.9. The summed E-state index contributed by atoms with van der Waals surface area (Å²) >= 11 is 3.39. The van der Waals surface area contributed by atoms with E-state index in [1.807, 2.05) is 55.5 Å². The van der Waals surface area contributed by atoms with Gasteiger partial charge in [0.05, 0.1) is 5.92 Å². The van der Waals surface area contributed by atoms with Crippen LogP contribution < -0.4 is 0 Å². The van der Waals surface area contributed by atoms with E-state index in [-0.39, 0.29) is 0 Å². The minimum Gasteiger partial charge on any atom is -0.481 e. The van der Waals surface area contributed by atoms with Gasteiger partial charge >= 0.3 is 5.97 Å². The molecule has 1 atom stereocenters. The number of halogens is 1. The van der Waals surface area contributed by atoms with Crippen LogP contribution in [-0.4, -0.2) is 11.1 Å². The third-order valence-corrected chi connectivity index (χ3v) is 4.00. The average molecular weight is 333 g/mol. The summed E-state index contributed by atoms with van der Waals surface area (Å²) in [5, 5.41) is 9.43. The minimum absolute atomic E-state index is 0.391. The van der Waals surface area contributed by atoms with E-state index in [0.29, 0.717) is 12.8 Å². The predicted octanol–water partition coefficient (Wildman–Crippen LogP) is 4.24. The fourth-order valence-electron chi connectivity index (χ4n) is 2.26. The van der Waals surface area contributed by atoms with Gasteiger partial charge in [-0.3, -0.25) is 4.79 Å². The molecule has 0 bridgehead atoms. The molecule has 0 radical (unpaired) electrons. The van der Waals surface area contributed by atoms with Crippen LogP contribution in [0.5, 0.6) is 0 Å². The number of carboxylic acids is 1. The SMILES string of the molecule is Cc1ccccc1CC(Cc1ccc(Br)cc1)C(=O)O. The number of hydrogen-bond donors (Lipinski definition) is 1. The first-order chi connectivity index (χ1) is 9.56. The Morgan fingerprint density at radius 2 is 1.75 bits per heavy atom. The highest BCUT2D eigenvalue weighted by Gasteiger charge is 2.19. The third-order valence-electron chi connectivity index (χ3n) is 3.47. The van der Waals surface area contributed by atoms with Crippen LogP contribution in [0.25, 0.3) is 0 Å². The maximum Gasteiger partial charge on any atom is 0.307 e. The Balaban J connectivity index is 2.14. The van der Waals surface area contributed by atoms with E-state index in [1.54, 1.807) is 0 Å². The first kappa shape index (κ1) is 14.8. The lowest BCUT2D eigenvalue weighted by Crippen LogP contribution is -2.19. The fourth-order valence-corrected chi connectivity index (χ4v) is 2.52. The molecule has 1 unspecified atom stereocenters. The molecule has 104 valence electrons. The van der Waals surface area contributed by atoms with Crippen LogP contribution in [-0.2, 0) is 17.6 Å².